The van der Waals surface area contributed by atoms with Gasteiger partial charge in [0.2, 0.25) is 0 Å². The molecule has 0 radical (unpaired) electrons. The van der Waals surface area contributed by atoms with E-state index in [1.54, 1.807) is 31.4 Å². The zero-order valence-corrected chi connectivity index (χ0v) is 17.8. The Bertz CT molecular complexity index is 1460. The summed E-state index contributed by atoms with van der Waals surface area (Å²) in [4.78, 5) is 44.0. The Labute approximate surface area is 183 Å². The molecule has 2 heterocycles. The Kier molecular flexibility index (Phi) is 4.77. The number of fused-ring (bicyclic) bond motifs is 1. The van der Waals surface area contributed by atoms with Gasteiger partial charge in [0.25, 0.3) is 5.56 Å². The van der Waals surface area contributed by atoms with Crippen LogP contribution in [0.4, 0.5) is 0 Å². The second kappa shape index (κ2) is 7.64. The molecular formula is C24H22N4O4. The van der Waals surface area contributed by atoms with E-state index in [-0.39, 0.29) is 29.5 Å². The van der Waals surface area contributed by atoms with Crippen LogP contribution < -0.4 is 16.0 Å². The van der Waals surface area contributed by atoms with Crippen molar-refractivity contribution in [3.8, 4) is 11.4 Å². The van der Waals surface area contributed by atoms with Crippen LogP contribution in [0.1, 0.15) is 34.8 Å². The molecule has 0 N–H and O–H groups in total. The summed E-state index contributed by atoms with van der Waals surface area (Å²) in [7, 11) is 1.56. The Hall–Kier alpha value is -3.94. The van der Waals surface area contributed by atoms with Crippen LogP contribution in [-0.2, 0) is 6.54 Å². The van der Waals surface area contributed by atoms with Crippen LogP contribution in [0.5, 0.6) is 5.75 Å². The summed E-state index contributed by atoms with van der Waals surface area (Å²) in [5, 5.41) is 0. The van der Waals surface area contributed by atoms with Crippen LogP contribution in [0, 0.1) is 6.92 Å². The number of para-hydroxylation sites is 1. The number of aryl methyl sites for hydroxylation is 1. The number of methoxy groups -OCH3 is 1. The first-order valence-corrected chi connectivity index (χ1v) is 10.4. The molecule has 1 aliphatic rings. The minimum Gasteiger partial charge on any atom is -0.497 e. The highest BCUT2D eigenvalue weighted by atomic mass is 16.5. The number of hydrogen-bond acceptors (Lipinski definition) is 5. The van der Waals surface area contributed by atoms with Crippen molar-refractivity contribution in [1.82, 2.24) is 18.7 Å². The van der Waals surface area contributed by atoms with Gasteiger partial charge in [0, 0.05) is 11.6 Å². The first-order chi connectivity index (χ1) is 15.5. The molecule has 0 aliphatic heterocycles. The number of nitrogens with zero attached hydrogens (tertiary/aromatic N) is 4. The number of imidazole rings is 1. The van der Waals surface area contributed by atoms with Gasteiger partial charge in [0.1, 0.15) is 5.75 Å². The van der Waals surface area contributed by atoms with Crippen molar-refractivity contribution < 1.29 is 9.53 Å². The molecule has 0 atom stereocenters. The van der Waals surface area contributed by atoms with Crippen LogP contribution in [0.15, 0.2) is 64.4 Å². The number of rotatable bonds is 6. The maximum Gasteiger partial charge on any atom is 0.337 e. The Morgan fingerprint density at radius 1 is 1.09 bits per heavy atom. The molecule has 8 nitrogen and oxygen atoms in total. The number of benzene rings is 2. The minimum absolute atomic E-state index is 0.0608. The molecule has 0 unspecified atom stereocenters. The van der Waals surface area contributed by atoms with Crippen molar-refractivity contribution in [1.29, 1.82) is 0 Å². The van der Waals surface area contributed by atoms with E-state index in [4.69, 9.17) is 4.74 Å². The first kappa shape index (κ1) is 20.0. The molecule has 1 saturated carbocycles. The van der Waals surface area contributed by atoms with Gasteiger partial charge in [0.15, 0.2) is 16.9 Å². The molecule has 0 saturated heterocycles. The molecule has 8 heteroatoms. The lowest BCUT2D eigenvalue weighted by molar-refractivity contribution is 0.0973. The van der Waals surface area contributed by atoms with Gasteiger partial charge in [-0.2, -0.15) is 0 Å². The average Bonchev–Trinajstić information content (AvgIpc) is 3.55. The number of ketones is 1. The number of carbonyl (C=O) groups excluding carboxylic acids is 1. The summed E-state index contributed by atoms with van der Waals surface area (Å²) < 4.78 is 9.48. The zero-order chi connectivity index (χ0) is 22.4. The Balaban J connectivity index is 1.67. The van der Waals surface area contributed by atoms with Gasteiger partial charge in [0.05, 0.1) is 25.7 Å². The van der Waals surface area contributed by atoms with Gasteiger partial charge in [-0.3, -0.25) is 14.2 Å². The van der Waals surface area contributed by atoms with Crippen LogP contribution in [-0.4, -0.2) is 31.6 Å². The van der Waals surface area contributed by atoms with Crippen molar-refractivity contribution in [3.05, 3.63) is 86.8 Å². The third-order valence-corrected chi connectivity index (χ3v) is 5.84. The van der Waals surface area contributed by atoms with Gasteiger partial charge >= 0.3 is 5.69 Å². The van der Waals surface area contributed by atoms with E-state index in [0.29, 0.717) is 17.0 Å². The summed E-state index contributed by atoms with van der Waals surface area (Å²) in [5.74, 6) is 0.488. The van der Waals surface area contributed by atoms with E-state index in [1.165, 1.54) is 20.0 Å². The lowest BCUT2D eigenvalue weighted by Gasteiger charge is -2.14. The highest BCUT2D eigenvalue weighted by molar-refractivity contribution is 5.96. The second-order valence-electron chi connectivity index (χ2n) is 8.01. The van der Waals surface area contributed by atoms with Crippen molar-refractivity contribution in [2.45, 2.75) is 32.4 Å². The van der Waals surface area contributed by atoms with Gasteiger partial charge in [-0.1, -0.05) is 18.2 Å². The molecule has 0 bridgehead atoms. The van der Waals surface area contributed by atoms with Crippen molar-refractivity contribution in [2.75, 3.05) is 7.11 Å². The molecule has 0 amide bonds. The molecule has 162 valence electrons. The fraction of sp³-hybridized carbons (Fsp3) is 0.250. The summed E-state index contributed by atoms with van der Waals surface area (Å²) in [5.41, 5.74) is 1.77. The normalized spacial score (nSPS) is 13.4. The SMILES string of the molecule is COc1ccc(C(=O)Cn2cnc3c2c(=O)n(C2CC2)c(=O)n3-c2ccccc2C)cc1. The quantitative estimate of drug-likeness (QED) is 0.439. The van der Waals surface area contributed by atoms with Gasteiger partial charge in [-0.25, -0.2) is 14.3 Å². The van der Waals surface area contributed by atoms with Crippen LogP contribution in [0.2, 0.25) is 0 Å². The van der Waals surface area contributed by atoms with Crippen molar-refractivity contribution >= 4 is 16.9 Å². The summed E-state index contributed by atoms with van der Waals surface area (Å²) in [6.07, 6.45) is 3.03. The minimum atomic E-state index is -0.405. The maximum absolute atomic E-state index is 13.3. The molecule has 1 fully saturated rings. The van der Waals surface area contributed by atoms with E-state index in [0.717, 1.165) is 18.4 Å². The van der Waals surface area contributed by atoms with E-state index < -0.39 is 11.2 Å². The molecule has 32 heavy (non-hydrogen) atoms. The molecule has 0 spiro atoms. The molecule has 2 aromatic carbocycles. The largest absolute Gasteiger partial charge is 0.497 e. The van der Waals surface area contributed by atoms with Crippen molar-refractivity contribution in [2.24, 2.45) is 0 Å². The maximum atomic E-state index is 13.3. The van der Waals surface area contributed by atoms with E-state index in [9.17, 15) is 14.4 Å². The van der Waals surface area contributed by atoms with Gasteiger partial charge in [-0.15, -0.1) is 0 Å². The highest BCUT2D eigenvalue weighted by Gasteiger charge is 2.31. The lowest BCUT2D eigenvalue weighted by Crippen LogP contribution is -2.40. The van der Waals surface area contributed by atoms with E-state index >= 15 is 0 Å². The smallest absolute Gasteiger partial charge is 0.337 e. The summed E-state index contributed by atoms with van der Waals surface area (Å²) >= 11 is 0. The third-order valence-electron chi connectivity index (χ3n) is 5.84. The highest BCUT2D eigenvalue weighted by Crippen LogP contribution is 2.32. The number of hydrogen-bond donors (Lipinski definition) is 0. The fourth-order valence-electron chi connectivity index (χ4n) is 3.98. The first-order valence-electron chi connectivity index (χ1n) is 10.4. The summed E-state index contributed by atoms with van der Waals surface area (Å²) in [6, 6.07) is 14.2. The monoisotopic (exact) mass is 430 g/mol. The topological polar surface area (TPSA) is 88.1 Å². The molecule has 1 aliphatic carbocycles. The predicted octanol–water partition coefficient (Wildman–Crippen LogP) is 2.88. The van der Waals surface area contributed by atoms with Gasteiger partial charge in [-0.05, 0) is 55.7 Å². The van der Waals surface area contributed by atoms with E-state index in [2.05, 4.69) is 4.98 Å². The Morgan fingerprint density at radius 3 is 2.47 bits per heavy atom. The standard InChI is InChI=1S/C24H22N4O4/c1-15-5-3-4-6-19(15)28-22-21(23(30)27(24(28)31)17-9-10-17)26(14-25-22)13-20(29)16-7-11-18(32-2)12-8-16/h3-8,11-12,14,17H,9-10,13H2,1-2H3. The summed E-state index contributed by atoms with van der Waals surface area (Å²) in [6.45, 7) is 1.85. The molecule has 2 aromatic heterocycles. The fourth-order valence-corrected chi connectivity index (χ4v) is 3.98. The third kappa shape index (κ3) is 3.24. The van der Waals surface area contributed by atoms with Crippen LogP contribution >= 0.6 is 0 Å². The second-order valence-corrected chi connectivity index (χ2v) is 8.01. The number of Topliss-reactive ketones (excluding diaryl/α,β-unsaturated/α-hetero) is 1. The lowest BCUT2D eigenvalue weighted by atomic mass is 10.1. The van der Waals surface area contributed by atoms with Gasteiger partial charge < -0.3 is 9.30 Å². The molecule has 5 rings (SSSR count). The van der Waals surface area contributed by atoms with E-state index in [1.807, 2.05) is 31.2 Å². The number of carbonyl (C=O) groups is 1. The number of aromatic nitrogens is 4. The van der Waals surface area contributed by atoms with Crippen LogP contribution in [0.25, 0.3) is 16.9 Å². The molecule has 4 aromatic rings. The molecular weight excluding hydrogens is 408 g/mol. The number of ether oxygens (including phenoxy) is 1. The van der Waals surface area contributed by atoms with Crippen LogP contribution in [0.3, 0.4) is 0 Å². The Morgan fingerprint density at radius 2 is 1.81 bits per heavy atom. The zero-order valence-electron chi connectivity index (χ0n) is 17.8. The average molecular weight is 430 g/mol. The predicted molar refractivity (Wildman–Crippen MR) is 120 cm³/mol. The van der Waals surface area contributed by atoms with Crippen molar-refractivity contribution in [3.63, 3.8) is 0 Å².